The second kappa shape index (κ2) is 7.07. The Labute approximate surface area is 99.0 Å². The lowest BCUT2D eigenvalue weighted by molar-refractivity contribution is 0.866. The molecule has 0 aromatic heterocycles. The molecular weight excluding hydrogens is 196 g/mol. The second-order valence-electron chi connectivity index (χ2n) is 3.72. The molecule has 0 radical (unpaired) electrons. The third kappa shape index (κ3) is 3.70. The molecule has 2 heteroatoms. The van der Waals surface area contributed by atoms with Crippen LogP contribution in [-0.2, 0) is 0 Å². The number of anilines is 1. The highest BCUT2D eigenvalue weighted by Crippen LogP contribution is 2.15. The van der Waals surface area contributed by atoms with Crippen molar-refractivity contribution in [2.75, 3.05) is 31.6 Å². The van der Waals surface area contributed by atoms with E-state index in [4.69, 9.17) is 0 Å². The van der Waals surface area contributed by atoms with Gasteiger partial charge in [-0.05, 0) is 38.6 Å². The van der Waals surface area contributed by atoms with Crippen LogP contribution in [-0.4, -0.2) is 26.7 Å². The Bertz CT molecular complexity index is 310. The summed E-state index contributed by atoms with van der Waals surface area (Å²) in [5, 5.41) is 3.09. The van der Waals surface area contributed by atoms with Gasteiger partial charge in [-0.1, -0.05) is 24.3 Å². The molecule has 0 bridgehead atoms. The Hall–Kier alpha value is -1.28. The summed E-state index contributed by atoms with van der Waals surface area (Å²) < 4.78 is 0. The molecule has 1 aromatic carbocycles. The highest BCUT2D eigenvalue weighted by atomic mass is 15.1. The molecule has 0 atom stereocenters. The number of hydrogen-bond donors (Lipinski definition) is 1. The number of hydrogen-bond acceptors (Lipinski definition) is 2. The molecule has 0 aliphatic heterocycles. The number of nitrogens with one attached hydrogen (secondary N) is 1. The van der Waals surface area contributed by atoms with Gasteiger partial charge in [0, 0.05) is 25.3 Å². The summed E-state index contributed by atoms with van der Waals surface area (Å²) in [6, 6.07) is 8.71. The van der Waals surface area contributed by atoms with Gasteiger partial charge in [-0.15, -0.1) is 0 Å². The fraction of sp³-hybridized carbons (Fsp3) is 0.429. The van der Waals surface area contributed by atoms with E-state index in [1.807, 2.05) is 7.05 Å². The van der Waals surface area contributed by atoms with Crippen LogP contribution < -0.4 is 10.2 Å². The maximum atomic E-state index is 3.09. The smallest absolute Gasteiger partial charge is 0.0366 e. The molecule has 1 N–H and O–H groups in total. The van der Waals surface area contributed by atoms with Gasteiger partial charge in [-0.25, -0.2) is 0 Å². The molecule has 1 rings (SSSR count). The van der Waals surface area contributed by atoms with Crippen LogP contribution in [0.5, 0.6) is 0 Å². The van der Waals surface area contributed by atoms with E-state index >= 15 is 0 Å². The standard InChI is InChI=1S/C14H22N2/c1-4-16(5-2)14-10-8-13(9-11-14)7-6-12-15-3/h6-11,15H,4-5,12H2,1-3H3. The fourth-order valence-electron chi connectivity index (χ4n) is 1.70. The first-order chi connectivity index (χ1) is 7.81. The molecule has 16 heavy (non-hydrogen) atoms. The number of benzene rings is 1. The molecule has 0 saturated heterocycles. The van der Waals surface area contributed by atoms with Crippen LogP contribution >= 0.6 is 0 Å². The van der Waals surface area contributed by atoms with E-state index in [0.29, 0.717) is 0 Å². The summed E-state index contributed by atoms with van der Waals surface area (Å²) in [5.41, 5.74) is 2.56. The summed E-state index contributed by atoms with van der Waals surface area (Å²) >= 11 is 0. The largest absolute Gasteiger partial charge is 0.372 e. The van der Waals surface area contributed by atoms with Crippen LogP contribution in [0.4, 0.5) is 5.69 Å². The van der Waals surface area contributed by atoms with Gasteiger partial charge < -0.3 is 10.2 Å². The van der Waals surface area contributed by atoms with Crippen molar-refractivity contribution in [1.29, 1.82) is 0 Å². The van der Waals surface area contributed by atoms with Crippen molar-refractivity contribution in [3.05, 3.63) is 35.9 Å². The Morgan fingerprint density at radius 1 is 1.12 bits per heavy atom. The summed E-state index contributed by atoms with van der Waals surface area (Å²) in [4.78, 5) is 2.35. The minimum absolute atomic E-state index is 0.914. The van der Waals surface area contributed by atoms with Gasteiger partial charge in [0.05, 0.1) is 0 Å². The minimum Gasteiger partial charge on any atom is -0.372 e. The number of nitrogens with zero attached hydrogens (tertiary/aromatic N) is 1. The first kappa shape index (κ1) is 12.8. The first-order valence-electron chi connectivity index (χ1n) is 5.98. The summed E-state index contributed by atoms with van der Waals surface area (Å²) in [6.07, 6.45) is 4.27. The maximum absolute atomic E-state index is 3.09. The van der Waals surface area contributed by atoms with Gasteiger partial charge in [0.1, 0.15) is 0 Å². The second-order valence-corrected chi connectivity index (χ2v) is 3.72. The predicted molar refractivity (Wildman–Crippen MR) is 73.0 cm³/mol. The average Bonchev–Trinajstić information content (AvgIpc) is 2.33. The zero-order valence-electron chi connectivity index (χ0n) is 10.5. The van der Waals surface area contributed by atoms with E-state index in [0.717, 1.165) is 19.6 Å². The van der Waals surface area contributed by atoms with E-state index in [1.54, 1.807) is 0 Å². The lowest BCUT2D eigenvalue weighted by Crippen LogP contribution is -2.21. The molecule has 0 unspecified atom stereocenters. The Balaban J connectivity index is 2.67. The molecule has 0 aliphatic rings. The maximum Gasteiger partial charge on any atom is 0.0366 e. The fourth-order valence-corrected chi connectivity index (χ4v) is 1.70. The van der Waals surface area contributed by atoms with E-state index < -0.39 is 0 Å². The van der Waals surface area contributed by atoms with E-state index in [1.165, 1.54) is 11.3 Å². The molecule has 0 amide bonds. The number of rotatable bonds is 6. The van der Waals surface area contributed by atoms with Crippen molar-refractivity contribution in [3.8, 4) is 0 Å². The lowest BCUT2D eigenvalue weighted by Gasteiger charge is -2.20. The minimum atomic E-state index is 0.914. The van der Waals surface area contributed by atoms with Crippen molar-refractivity contribution < 1.29 is 0 Å². The first-order valence-corrected chi connectivity index (χ1v) is 5.98. The van der Waals surface area contributed by atoms with Gasteiger partial charge in [-0.3, -0.25) is 0 Å². The van der Waals surface area contributed by atoms with Gasteiger partial charge in [-0.2, -0.15) is 0 Å². The van der Waals surface area contributed by atoms with Crippen LogP contribution in [0.2, 0.25) is 0 Å². The van der Waals surface area contributed by atoms with Crippen molar-refractivity contribution in [2.45, 2.75) is 13.8 Å². The van der Waals surface area contributed by atoms with Gasteiger partial charge in [0.25, 0.3) is 0 Å². The van der Waals surface area contributed by atoms with Crippen LogP contribution in [0, 0.1) is 0 Å². The Kier molecular flexibility index (Phi) is 5.65. The molecule has 0 fully saturated rings. The van der Waals surface area contributed by atoms with E-state index in [-0.39, 0.29) is 0 Å². The average molecular weight is 218 g/mol. The quantitative estimate of drug-likeness (QED) is 0.790. The van der Waals surface area contributed by atoms with Crippen LogP contribution in [0.15, 0.2) is 30.3 Å². The van der Waals surface area contributed by atoms with Crippen LogP contribution in [0.1, 0.15) is 19.4 Å². The Morgan fingerprint density at radius 3 is 2.25 bits per heavy atom. The SMILES string of the molecule is CCN(CC)c1ccc(C=CCNC)cc1. The zero-order chi connectivity index (χ0) is 11.8. The normalized spacial score (nSPS) is 10.9. The highest BCUT2D eigenvalue weighted by molar-refractivity contribution is 5.56. The topological polar surface area (TPSA) is 15.3 Å². The van der Waals surface area contributed by atoms with Crippen molar-refractivity contribution in [1.82, 2.24) is 5.32 Å². The van der Waals surface area contributed by atoms with Gasteiger partial charge >= 0.3 is 0 Å². The monoisotopic (exact) mass is 218 g/mol. The molecule has 88 valence electrons. The van der Waals surface area contributed by atoms with Crippen molar-refractivity contribution in [3.63, 3.8) is 0 Å². The van der Waals surface area contributed by atoms with Gasteiger partial charge in [0.2, 0.25) is 0 Å². The third-order valence-corrected chi connectivity index (χ3v) is 2.65. The molecule has 0 saturated carbocycles. The third-order valence-electron chi connectivity index (χ3n) is 2.65. The molecular formula is C14H22N2. The van der Waals surface area contributed by atoms with Crippen molar-refractivity contribution >= 4 is 11.8 Å². The summed E-state index contributed by atoms with van der Waals surface area (Å²) in [7, 11) is 1.95. The zero-order valence-corrected chi connectivity index (χ0v) is 10.5. The predicted octanol–water partition coefficient (Wildman–Crippen LogP) is 2.77. The summed E-state index contributed by atoms with van der Waals surface area (Å²) in [5.74, 6) is 0. The van der Waals surface area contributed by atoms with Crippen LogP contribution in [0.3, 0.4) is 0 Å². The van der Waals surface area contributed by atoms with Gasteiger partial charge in [0.15, 0.2) is 0 Å². The van der Waals surface area contributed by atoms with E-state index in [9.17, 15) is 0 Å². The Morgan fingerprint density at radius 2 is 1.75 bits per heavy atom. The van der Waals surface area contributed by atoms with E-state index in [2.05, 4.69) is 60.5 Å². The van der Waals surface area contributed by atoms with Crippen LogP contribution in [0.25, 0.3) is 6.08 Å². The molecule has 0 spiro atoms. The molecule has 0 heterocycles. The summed E-state index contributed by atoms with van der Waals surface area (Å²) in [6.45, 7) is 7.41. The molecule has 1 aromatic rings. The highest BCUT2D eigenvalue weighted by Gasteiger charge is 1.99. The lowest BCUT2D eigenvalue weighted by atomic mass is 10.2. The molecule has 0 aliphatic carbocycles. The van der Waals surface area contributed by atoms with Crippen molar-refractivity contribution in [2.24, 2.45) is 0 Å². The molecule has 2 nitrogen and oxygen atoms in total. The number of likely N-dealkylation sites (N-methyl/N-ethyl adjacent to an activating group) is 1.